The van der Waals surface area contributed by atoms with Crippen molar-refractivity contribution in [3.8, 4) is 11.1 Å². The van der Waals surface area contributed by atoms with E-state index >= 15 is 0 Å². The van der Waals surface area contributed by atoms with Crippen LogP contribution in [0.4, 0.5) is 15.8 Å². The van der Waals surface area contributed by atoms with Crippen molar-refractivity contribution in [3.63, 3.8) is 0 Å². The van der Waals surface area contributed by atoms with E-state index in [-0.39, 0.29) is 23.7 Å². The number of rotatable bonds is 2. The highest BCUT2D eigenvalue weighted by atomic mass is 19.1. The van der Waals surface area contributed by atoms with Crippen molar-refractivity contribution in [3.05, 3.63) is 48.3 Å². The molecule has 2 aromatic carbocycles. The molecule has 3 nitrogen and oxygen atoms in total. The number of benzene rings is 2. The molecule has 0 radical (unpaired) electrons. The minimum absolute atomic E-state index is 0.177. The number of anilines is 2. The summed E-state index contributed by atoms with van der Waals surface area (Å²) in [4.78, 5) is 2.28. The molecule has 0 aliphatic carbocycles. The molecule has 0 aromatic heterocycles. The van der Waals surface area contributed by atoms with Crippen LogP contribution in [0, 0.1) is 5.82 Å². The Bertz CT molecular complexity index is 664. The van der Waals surface area contributed by atoms with Gasteiger partial charge in [-0.2, -0.15) is 0 Å². The monoisotopic (exact) mass is 300 g/mol. The van der Waals surface area contributed by atoms with Crippen molar-refractivity contribution in [2.75, 3.05) is 23.7 Å². The molecule has 0 bridgehead atoms. The summed E-state index contributed by atoms with van der Waals surface area (Å²) >= 11 is 0. The lowest BCUT2D eigenvalue weighted by atomic mass is 10.0. The van der Waals surface area contributed by atoms with Gasteiger partial charge in [0.1, 0.15) is 0 Å². The van der Waals surface area contributed by atoms with Crippen LogP contribution in [-0.2, 0) is 4.74 Å². The van der Waals surface area contributed by atoms with Crippen LogP contribution in [-0.4, -0.2) is 25.3 Å². The van der Waals surface area contributed by atoms with E-state index in [1.54, 1.807) is 18.2 Å². The molecule has 0 amide bonds. The number of halogens is 1. The molecule has 1 fully saturated rings. The highest BCUT2D eigenvalue weighted by Gasteiger charge is 2.22. The maximum atomic E-state index is 14.2. The van der Waals surface area contributed by atoms with E-state index in [2.05, 4.69) is 24.8 Å². The Hall–Kier alpha value is -2.07. The molecule has 2 N–H and O–H groups in total. The number of morpholine rings is 1. The SMILES string of the molecule is C[C@@H]1CN(c2cccc(-c3cccc(N)c3F)c2)C[C@H](C)O1. The van der Waals surface area contributed by atoms with Gasteiger partial charge in [-0.3, -0.25) is 0 Å². The molecule has 4 heteroatoms. The number of nitrogens with two attached hydrogens (primary N) is 1. The smallest absolute Gasteiger partial charge is 0.153 e. The van der Waals surface area contributed by atoms with Crippen LogP contribution < -0.4 is 10.6 Å². The largest absolute Gasteiger partial charge is 0.396 e. The van der Waals surface area contributed by atoms with Gasteiger partial charge in [0.25, 0.3) is 0 Å². The molecule has 2 atom stereocenters. The zero-order chi connectivity index (χ0) is 15.7. The van der Waals surface area contributed by atoms with Gasteiger partial charge < -0.3 is 15.4 Å². The standard InChI is InChI=1S/C18H21FN2O/c1-12-10-21(11-13(2)22-12)15-6-3-5-14(9-15)16-7-4-8-17(20)18(16)19/h3-9,12-13H,10-11,20H2,1-2H3/t12-,13+. The van der Waals surface area contributed by atoms with Crippen LogP contribution in [0.5, 0.6) is 0 Å². The predicted octanol–water partition coefficient (Wildman–Crippen LogP) is 3.69. The summed E-state index contributed by atoms with van der Waals surface area (Å²) in [6, 6.07) is 13.1. The molecule has 1 aliphatic heterocycles. The van der Waals surface area contributed by atoms with Crippen molar-refractivity contribution < 1.29 is 9.13 Å². The molecule has 3 rings (SSSR count). The van der Waals surface area contributed by atoms with Gasteiger partial charge in [-0.15, -0.1) is 0 Å². The second-order valence-corrected chi connectivity index (χ2v) is 5.92. The van der Waals surface area contributed by atoms with Gasteiger partial charge in [-0.1, -0.05) is 24.3 Å². The first-order valence-corrected chi connectivity index (χ1v) is 7.59. The van der Waals surface area contributed by atoms with Crippen molar-refractivity contribution in [2.45, 2.75) is 26.1 Å². The van der Waals surface area contributed by atoms with E-state index in [1.165, 1.54) is 0 Å². The van der Waals surface area contributed by atoms with E-state index in [9.17, 15) is 4.39 Å². The van der Waals surface area contributed by atoms with E-state index in [0.29, 0.717) is 5.56 Å². The number of nitrogen functional groups attached to an aromatic ring is 1. The Balaban J connectivity index is 1.94. The van der Waals surface area contributed by atoms with Crippen LogP contribution >= 0.6 is 0 Å². The number of hydrogen-bond acceptors (Lipinski definition) is 3. The van der Waals surface area contributed by atoms with Gasteiger partial charge >= 0.3 is 0 Å². The van der Waals surface area contributed by atoms with Crippen LogP contribution in [0.25, 0.3) is 11.1 Å². The highest BCUT2D eigenvalue weighted by Crippen LogP contribution is 2.30. The molecule has 22 heavy (non-hydrogen) atoms. The maximum Gasteiger partial charge on any atom is 0.153 e. The van der Waals surface area contributed by atoms with Gasteiger partial charge in [0.15, 0.2) is 5.82 Å². The Morgan fingerprint density at radius 1 is 1.09 bits per heavy atom. The molecule has 116 valence electrons. The summed E-state index contributed by atoms with van der Waals surface area (Å²) in [5.41, 5.74) is 8.32. The Morgan fingerprint density at radius 3 is 2.50 bits per heavy atom. The summed E-state index contributed by atoms with van der Waals surface area (Å²) in [7, 11) is 0. The fraction of sp³-hybridized carbons (Fsp3) is 0.333. The van der Waals surface area contributed by atoms with Crippen LogP contribution in [0.3, 0.4) is 0 Å². The lowest BCUT2D eigenvalue weighted by molar-refractivity contribution is -0.00521. The summed E-state index contributed by atoms with van der Waals surface area (Å²) in [6.45, 7) is 5.83. The Kier molecular flexibility index (Phi) is 4.03. The third kappa shape index (κ3) is 2.92. The summed E-state index contributed by atoms with van der Waals surface area (Å²) in [5, 5.41) is 0. The summed E-state index contributed by atoms with van der Waals surface area (Å²) in [5.74, 6) is -0.358. The fourth-order valence-electron chi connectivity index (χ4n) is 3.03. The van der Waals surface area contributed by atoms with E-state index in [0.717, 1.165) is 24.3 Å². The number of ether oxygens (including phenoxy) is 1. The van der Waals surface area contributed by atoms with Crippen molar-refractivity contribution in [1.82, 2.24) is 0 Å². The molecular weight excluding hydrogens is 279 g/mol. The average molecular weight is 300 g/mol. The quantitative estimate of drug-likeness (QED) is 0.860. The lowest BCUT2D eigenvalue weighted by Gasteiger charge is -2.37. The van der Waals surface area contributed by atoms with Gasteiger partial charge in [0.05, 0.1) is 17.9 Å². The van der Waals surface area contributed by atoms with Gasteiger partial charge in [0, 0.05) is 24.3 Å². The first kappa shape index (κ1) is 14.9. The fourth-order valence-corrected chi connectivity index (χ4v) is 3.03. The zero-order valence-electron chi connectivity index (χ0n) is 12.9. The van der Waals surface area contributed by atoms with Gasteiger partial charge in [0.2, 0.25) is 0 Å². The topological polar surface area (TPSA) is 38.5 Å². The lowest BCUT2D eigenvalue weighted by Crippen LogP contribution is -2.45. The molecule has 0 unspecified atom stereocenters. The minimum Gasteiger partial charge on any atom is -0.396 e. The van der Waals surface area contributed by atoms with E-state index in [4.69, 9.17) is 10.5 Å². The van der Waals surface area contributed by atoms with Crippen LogP contribution in [0.15, 0.2) is 42.5 Å². The van der Waals surface area contributed by atoms with Gasteiger partial charge in [-0.25, -0.2) is 4.39 Å². The van der Waals surface area contributed by atoms with Gasteiger partial charge in [-0.05, 0) is 37.6 Å². The second-order valence-electron chi connectivity index (χ2n) is 5.92. The number of nitrogens with zero attached hydrogens (tertiary/aromatic N) is 1. The van der Waals surface area contributed by atoms with Crippen LogP contribution in [0.1, 0.15) is 13.8 Å². The zero-order valence-corrected chi connectivity index (χ0v) is 12.9. The molecule has 0 spiro atoms. The normalized spacial score (nSPS) is 21.9. The molecule has 1 saturated heterocycles. The maximum absolute atomic E-state index is 14.2. The van der Waals surface area contributed by atoms with Crippen molar-refractivity contribution >= 4 is 11.4 Å². The predicted molar refractivity (Wildman–Crippen MR) is 88.5 cm³/mol. The van der Waals surface area contributed by atoms with E-state index < -0.39 is 0 Å². The summed E-state index contributed by atoms with van der Waals surface area (Å²) < 4.78 is 20.0. The molecular formula is C18H21FN2O. The first-order chi connectivity index (χ1) is 10.5. The highest BCUT2D eigenvalue weighted by molar-refractivity contribution is 5.72. The van der Waals surface area contributed by atoms with Crippen molar-refractivity contribution in [1.29, 1.82) is 0 Å². The summed E-state index contributed by atoms with van der Waals surface area (Å²) in [6.07, 6.45) is 0.382. The number of hydrogen-bond donors (Lipinski definition) is 1. The molecule has 0 saturated carbocycles. The third-order valence-electron chi connectivity index (χ3n) is 3.97. The molecule has 1 aliphatic rings. The second kappa shape index (κ2) is 5.97. The molecule has 1 heterocycles. The first-order valence-electron chi connectivity index (χ1n) is 7.59. The van der Waals surface area contributed by atoms with Crippen LogP contribution in [0.2, 0.25) is 0 Å². The Morgan fingerprint density at radius 2 is 1.77 bits per heavy atom. The Labute approximate surface area is 130 Å². The minimum atomic E-state index is -0.358. The third-order valence-corrected chi connectivity index (χ3v) is 3.97. The average Bonchev–Trinajstić information content (AvgIpc) is 2.49. The molecule has 2 aromatic rings. The van der Waals surface area contributed by atoms with E-state index in [1.807, 2.05) is 18.2 Å². The van der Waals surface area contributed by atoms with Crippen molar-refractivity contribution in [2.24, 2.45) is 0 Å².